The zero-order chi connectivity index (χ0) is 28.8. The maximum atomic E-state index is 14.2. The highest BCUT2D eigenvalue weighted by atomic mass is 32.1. The average Bonchev–Trinajstić information content (AvgIpc) is 3.34. The van der Waals surface area contributed by atoms with Crippen LogP contribution in [-0.4, -0.2) is 57.2 Å². The Balaban J connectivity index is 1.52. The molecule has 2 aliphatic rings. The zero-order valence-corrected chi connectivity index (χ0v) is 23.2. The molecule has 1 fully saturated rings. The Labute approximate surface area is 232 Å². The van der Waals surface area contributed by atoms with Gasteiger partial charge in [0, 0.05) is 24.7 Å². The van der Waals surface area contributed by atoms with E-state index in [-0.39, 0.29) is 46.6 Å². The van der Waals surface area contributed by atoms with E-state index in [2.05, 4.69) is 10.2 Å². The van der Waals surface area contributed by atoms with Crippen LogP contribution in [0.25, 0.3) is 10.6 Å². The van der Waals surface area contributed by atoms with E-state index < -0.39 is 47.4 Å². The van der Waals surface area contributed by atoms with Gasteiger partial charge in [-0.3, -0.25) is 14.4 Å². The molecule has 3 aromatic rings. The number of fused-ring (bicyclic) bond motifs is 2. The van der Waals surface area contributed by atoms with Crippen LogP contribution in [0.5, 0.6) is 5.75 Å². The van der Waals surface area contributed by atoms with Crippen molar-refractivity contribution in [1.29, 1.82) is 0 Å². The SMILES string of the molecule is C[C@@H]1CCO[C@H]2Cn3cc(-c4nnc(Cc5ccc(F)cc5F)s4)c(=O)c(OCOC(=O)C(C)(C)C)c3C(=O)N12. The minimum Gasteiger partial charge on any atom is -0.451 e. The highest BCUT2D eigenvalue weighted by molar-refractivity contribution is 7.14. The lowest BCUT2D eigenvalue weighted by Crippen LogP contribution is -2.57. The summed E-state index contributed by atoms with van der Waals surface area (Å²) in [5.74, 6) is -2.65. The fourth-order valence-electron chi connectivity index (χ4n) is 4.55. The molecule has 1 amide bonds. The number of benzene rings is 1. The van der Waals surface area contributed by atoms with Crippen LogP contribution in [0.4, 0.5) is 8.78 Å². The molecule has 212 valence electrons. The first-order valence-electron chi connectivity index (χ1n) is 12.7. The predicted octanol–water partition coefficient (Wildman–Crippen LogP) is 3.75. The minimum atomic E-state index is -0.795. The van der Waals surface area contributed by atoms with Gasteiger partial charge in [-0.15, -0.1) is 10.2 Å². The molecule has 0 spiro atoms. The third-order valence-electron chi connectivity index (χ3n) is 6.72. The third-order valence-corrected chi connectivity index (χ3v) is 7.68. The van der Waals surface area contributed by atoms with Crippen molar-refractivity contribution in [2.24, 2.45) is 5.41 Å². The smallest absolute Gasteiger partial charge is 0.314 e. The van der Waals surface area contributed by atoms with Crippen molar-refractivity contribution in [1.82, 2.24) is 19.7 Å². The van der Waals surface area contributed by atoms with E-state index in [1.807, 2.05) is 6.92 Å². The standard InChI is InChI=1S/C27H28F2N4O6S/c1-14-7-8-37-20-12-32-11-17(24-31-30-19(40-24)9-15-5-6-16(28)10-18(15)29)22(34)23(21(32)25(35)33(14)20)38-13-39-26(36)27(2,3)4/h5-6,10-11,14,20H,7-9,12-13H2,1-4H3/t14-,20+/m1/s1. The predicted molar refractivity (Wildman–Crippen MR) is 140 cm³/mol. The average molecular weight is 575 g/mol. The summed E-state index contributed by atoms with van der Waals surface area (Å²) >= 11 is 1.06. The summed E-state index contributed by atoms with van der Waals surface area (Å²) < 4.78 is 45.8. The van der Waals surface area contributed by atoms with Crippen molar-refractivity contribution in [3.05, 3.63) is 62.5 Å². The quantitative estimate of drug-likeness (QED) is 0.323. The molecule has 0 aliphatic carbocycles. The normalized spacial score (nSPS) is 18.8. The second-order valence-corrected chi connectivity index (χ2v) is 11.8. The number of hydrogen-bond acceptors (Lipinski definition) is 9. The molecular weight excluding hydrogens is 546 g/mol. The highest BCUT2D eigenvalue weighted by Crippen LogP contribution is 2.33. The van der Waals surface area contributed by atoms with Crippen molar-refractivity contribution in [3.8, 4) is 16.3 Å². The van der Waals surface area contributed by atoms with Gasteiger partial charge < -0.3 is 23.7 Å². The number of esters is 1. The Morgan fingerprint density at radius 1 is 1.23 bits per heavy atom. The number of ether oxygens (including phenoxy) is 3. The lowest BCUT2D eigenvalue weighted by Gasteiger charge is -2.44. The number of carbonyl (C=O) groups is 2. The van der Waals surface area contributed by atoms with Gasteiger partial charge in [-0.25, -0.2) is 8.78 Å². The molecule has 2 aromatic heterocycles. The highest BCUT2D eigenvalue weighted by Gasteiger charge is 2.41. The van der Waals surface area contributed by atoms with Crippen LogP contribution < -0.4 is 10.2 Å². The van der Waals surface area contributed by atoms with Crippen LogP contribution in [0, 0.1) is 17.0 Å². The van der Waals surface area contributed by atoms with Crippen molar-refractivity contribution < 1.29 is 32.6 Å². The molecule has 0 unspecified atom stereocenters. The number of carbonyl (C=O) groups excluding carboxylic acids is 2. The van der Waals surface area contributed by atoms with Crippen LogP contribution in [0.1, 0.15) is 55.2 Å². The molecule has 5 rings (SSSR count). The minimum absolute atomic E-state index is 0.0206. The summed E-state index contributed by atoms with van der Waals surface area (Å²) in [5.41, 5.74) is -1.08. The number of nitrogens with zero attached hydrogens (tertiary/aromatic N) is 4. The Kier molecular flexibility index (Phi) is 7.44. The molecule has 10 nitrogen and oxygen atoms in total. The van der Waals surface area contributed by atoms with Crippen molar-refractivity contribution in [2.45, 2.75) is 59.4 Å². The Hall–Kier alpha value is -3.71. The summed E-state index contributed by atoms with van der Waals surface area (Å²) in [5, 5.41) is 8.84. The molecule has 40 heavy (non-hydrogen) atoms. The van der Waals surface area contributed by atoms with Crippen LogP contribution in [-0.2, 0) is 27.2 Å². The van der Waals surface area contributed by atoms with E-state index in [9.17, 15) is 23.2 Å². The zero-order valence-electron chi connectivity index (χ0n) is 22.4. The van der Waals surface area contributed by atoms with Gasteiger partial charge >= 0.3 is 5.97 Å². The van der Waals surface area contributed by atoms with E-state index in [1.54, 1.807) is 30.2 Å². The van der Waals surface area contributed by atoms with Crippen LogP contribution >= 0.6 is 11.3 Å². The monoisotopic (exact) mass is 574 g/mol. The van der Waals surface area contributed by atoms with Crippen molar-refractivity contribution in [2.75, 3.05) is 13.4 Å². The van der Waals surface area contributed by atoms with Gasteiger partial charge in [-0.05, 0) is 45.7 Å². The van der Waals surface area contributed by atoms with Gasteiger partial charge in [0.15, 0.2) is 16.9 Å². The fraction of sp³-hybridized carbons (Fsp3) is 0.444. The molecular formula is C27H28F2N4O6S. The first-order valence-corrected chi connectivity index (χ1v) is 13.5. The molecule has 0 radical (unpaired) electrons. The number of amides is 1. The van der Waals surface area contributed by atoms with E-state index in [0.29, 0.717) is 18.0 Å². The summed E-state index contributed by atoms with van der Waals surface area (Å²) in [6.07, 6.45) is 1.67. The van der Waals surface area contributed by atoms with Gasteiger partial charge in [0.1, 0.15) is 16.6 Å². The Bertz CT molecular complexity index is 1530. The molecule has 0 saturated carbocycles. The molecule has 1 aromatic carbocycles. The molecule has 2 atom stereocenters. The summed E-state index contributed by atoms with van der Waals surface area (Å²) in [7, 11) is 0. The Morgan fingerprint density at radius 2 is 2.00 bits per heavy atom. The number of pyridine rings is 1. The van der Waals surface area contributed by atoms with Gasteiger partial charge in [0.2, 0.25) is 18.0 Å². The number of hydrogen-bond donors (Lipinski definition) is 0. The van der Waals surface area contributed by atoms with E-state index >= 15 is 0 Å². The van der Waals surface area contributed by atoms with Gasteiger partial charge in [-0.2, -0.15) is 0 Å². The molecule has 13 heteroatoms. The number of aromatic nitrogens is 3. The number of halogens is 2. The molecule has 4 heterocycles. The topological polar surface area (TPSA) is 113 Å². The molecule has 0 N–H and O–H groups in total. The van der Waals surface area contributed by atoms with Crippen molar-refractivity contribution in [3.63, 3.8) is 0 Å². The van der Waals surface area contributed by atoms with Gasteiger partial charge in [0.25, 0.3) is 5.91 Å². The number of rotatable bonds is 6. The summed E-state index contributed by atoms with van der Waals surface area (Å²) in [4.78, 5) is 41.2. The van der Waals surface area contributed by atoms with E-state index in [4.69, 9.17) is 14.2 Å². The van der Waals surface area contributed by atoms with E-state index in [1.165, 1.54) is 12.3 Å². The third kappa shape index (κ3) is 5.35. The molecule has 0 bridgehead atoms. The summed E-state index contributed by atoms with van der Waals surface area (Å²) in [6.45, 7) is 7.10. The van der Waals surface area contributed by atoms with Gasteiger partial charge in [-0.1, -0.05) is 17.4 Å². The van der Waals surface area contributed by atoms with Crippen LogP contribution in [0.2, 0.25) is 0 Å². The summed E-state index contributed by atoms with van der Waals surface area (Å²) in [6, 6.07) is 3.16. The van der Waals surface area contributed by atoms with Crippen LogP contribution in [0.15, 0.2) is 29.2 Å². The lowest BCUT2D eigenvalue weighted by molar-refractivity contribution is -0.159. The van der Waals surface area contributed by atoms with Crippen LogP contribution in [0.3, 0.4) is 0 Å². The molecule has 1 saturated heterocycles. The molecule has 2 aliphatic heterocycles. The van der Waals surface area contributed by atoms with Gasteiger partial charge in [0.05, 0.1) is 24.1 Å². The first kappa shape index (κ1) is 27.8. The van der Waals surface area contributed by atoms with Crippen molar-refractivity contribution >= 4 is 23.2 Å². The second kappa shape index (κ2) is 10.7. The van der Waals surface area contributed by atoms with E-state index in [0.717, 1.165) is 23.5 Å². The second-order valence-electron chi connectivity index (χ2n) is 10.7. The maximum absolute atomic E-state index is 14.2. The largest absolute Gasteiger partial charge is 0.451 e. The Morgan fingerprint density at radius 3 is 2.73 bits per heavy atom. The fourth-order valence-corrected chi connectivity index (χ4v) is 5.42. The lowest BCUT2D eigenvalue weighted by atomic mass is 9.98. The first-order chi connectivity index (χ1) is 18.9. The maximum Gasteiger partial charge on any atom is 0.314 e.